The Kier molecular flexibility index (Phi) is 3.18. The van der Waals surface area contributed by atoms with Gasteiger partial charge in [0.1, 0.15) is 0 Å². The van der Waals surface area contributed by atoms with E-state index < -0.39 is 0 Å². The Labute approximate surface area is 92.0 Å². The van der Waals surface area contributed by atoms with Gasteiger partial charge in [0, 0.05) is 6.42 Å². The quantitative estimate of drug-likeness (QED) is 0.565. The van der Waals surface area contributed by atoms with Gasteiger partial charge in [-0.3, -0.25) is 5.41 Å². The van der Waals surface area contributed by atoms with Crippen molar-refractivity contribution in [2.24, 2.45) is 5.73 Å². The SMILES string of the molecule is Cc1c(C)c(C)c(CC(=N)N)c(C)c1C. The Bertz CT molecular complexity index is 388. The molecule has 0 aliphatic heterocycles. The molecule has 2 nitrogen and oxygen atoms in total. The number of hydrogen-bond donors (Lipinski definition) is 2. The van der Waals surface area contributed by atoms with Crippen LogP contribution in [0, 0.1) is 40.0 Å². The van der Waals surface area contributed by atoms with Gasteiger partial charge in [0.2, 0.25) is 0 Å². The maximum absolute atomic E-state index is 7.40. The van der Waals surface area contributed by atoms with Crippen molar-refractivity contribution in [3.8, 4) is 0 Å². The van der Waals surface area contributed by atoms with Gasteiger partial charge in [0.25, 0.3) is 0 Å². The van der Waals surface area contributed by atoms with Crippen LogP contribution in [0.2, 0.25) is 0 Å². The highest BCUT2D eigenvalue weighted by molar-refractivity contribution is 5.80. The molecule has 2 heteroatoms. The van der Waals surface area contributed by atoms with E-state index in [2.05, 4.69) is 34.6 Å². The van der Waals surface area contributed by atoms with Crippen LogP contribution in [0.25, 0.3) is 0 Å². The van der Waals surface area contributed by atoms with E-state index >= 15 is 0 Å². The number of nitrogens with two attached hydrogens (primary N) is 1. The first-order valence-electron chi connectivity index (χ1n) is 5.25. The first-order chi connectivity index (χ1) is 6.86. The molecule has 0 aliphatic rings. The molecule has 0 unspecified atom stereocenters. The highest BCUT2D eigenvalue weighted by Crippen LogP contribution is 2.26. The molecule has 1 rings (SSSR count). The molecular weight excluding hydrogens is 184 g/mol. The van der Waals surface area contributed by atoms with E-state index in [4.69, 9.17) is 11.1 Å². The Morgan fingerprint density at radius 2 is 1.20 bits per heavy atom. The van der Waals surface area contributed by atoms with Gasteiger partial charge in [-0.05, 0) is 68.0 Å². The summed E-state index contributed by atoms with van der Waals surface area (Å²) in [6, 6.07) is 0. The monoisotopic (exact) mass is 204 g/mol. The van der Waals surface area contributed by atoms with Crippen LogP contribution < -0.4 is 5.73 Å². The van der Waals surface area contributed by atoms with Crippen LogP contribution in [0.4, 0.5) is 0 Å². The van der Waals surface area contributed by atoms with E-state index in [1.54, 1.807) is 0 Å². The first-order valence-corrected chi connectivity index (χ1v) is 5.25. The summed E-state index contributed by atoms with van der Waals surface area (Å²) in [5.41, 5.74) is 13.3. The molecule has 1 aromatic carbocycles. The Balaban J connectivity index is 3.45. The molecule has 0 atom stereocenters. The van der Waals surface area contributed by atoms with Gasteiger partial charge in [-0.2, -0.15) is 0 Å². The molecule has 0 heterocycles. The lowest BCUT2D eigenvalue weighted by Crippen LogP contribution is -2.16. The summed E-state index contributed by atoms with van der Waals surface area (Å²) in [6.45, 7) is 10.7. The lowest BCUT2D eigenvalue weighted by Gasteiger charge is -2.18. The second-order valence-corrected chi connectivity index (χ2v) is 4.31. The maximum atomic E-state index is 7.40. The minimum Gasteiger partial charge on any atom is -0.387 e. The van der Waals surface area contributed by atoms with Crippen molar-refractivity contribution in [3.63, 3.8) is 0 Å². The molecular formula is C13H20N2. The second-order valence-electron chi connectivity index (χ2n) is 4.31. The van der Waals surface area contributed by atoms with E-state index in [9.17, 15) is 0 Å². The molecule has 0 amide bonds. The van der Waals surface area contributed by atoms with Gasteiger partial charge in [-0.15, -0.1) is 0 Å². The Morgan fingerprint density at radius 3 is 1.53 bits per heavy atom. The number of rotatable bonds is 2. The average molecular weight is 204 g/mol. The van der Waals surface area contributed by atoms with Crippen molar-refractivity contribution < 1.29 is 0 Å². The summed E-state index contributed by atoms with van der Waals surface area (Å²) in [7, 11) is 0. The van der Waals surface area contributed by atoms with Crippen molar-refractivity contribution in [2.45, 2.75) is 41.0 Å². The Morgan fingerprint density at radius 1 is 0.867 bits per heavy atom. The molecule has 0 aliphatic carbocycles. The highest BCUT2D eigenvalue weighted by Gasteiger charge is 2.12. The lowest BCUT2D eigenvalue weighted by molar-refractivity contribution is 1.09. The van der Waals surface area contributed by atoms with Gasteiger partial charge in [-0.1, -0.05) is 0 Å². The van der Waals surface area contributed by atoms with E-state index in [1.165, 1.54) is 33.4 Å². The van der Waals surface area contributed by atoms with Gasteiger partial charge >= 0.3 is 0 Å². The number of nitrogens with one attached hydrogen (secondary N) is 1. The van der Waals surface area contributed by atoms with Gasteiger partial charge in [0.05, 0.1) is 5.84 Å². The minimum absolute atomic E-state index is 0.240. The average Bonchev–Trinajstić information content (AvgIpc) is 2.18. The molecule has 0 spiro atoms. The summed E-state index contributed by atoms with van der Waals surface area (Å²) in [4.78, 5) is 0. The maximum Gasteiger partial charge on any atom is 0.0950 e. The Hall–Kier alpha value is -1.31. The zero-order chi connectivity index (χ0) is 11.7. The van der Waals surface area contributed by atoms with E-state index in [0.29, 0.717) is 6.42 Å². The zero-order valence-corrected chi connectivity index (χ0v) is 10.3. The molecule has 82 valence electrons. The molecule has 0 aromatic heterocycles. The number of benzene rings is 1. The molecule has 0 fully saturated rings. The third-order valence-electron chi connectivity index (χ3n) is 3.52. The van der Waals surface area contributed by atoms with Crippen LogP contribution in [-0.2, 0) is 6.42 Å². The van der Waals surface area contributed by atoms with E-state index in [0.717, 1.165) is 0 Å². The van der Waals surface area contributed by atoms with Crippen molar-refractivity contribution in [3.05, 3.63) is 33.4 Å². The fourth-order valence-corrected chi connectivity index (χ4v) is 2.03. The molecule has 3 N–H and O–H groups in total. The first kappa shape index (κ1) is 11.8. The van der Waals surface area contributed by atoms with Crippen LogP contribution >= 0.6 is 0 Å². The molecule has 15 heavy (non-hydrogen) atoms. The van der Waals surface area contributed by atoms with Crippen LogP contribution in [0.1, 0.15) is 33.4 Å². The third kappa shape index (κ3) is 2.04. The third-order valence-corrected chi connectivity index (χ3v) is 3.52. The number of hydrogen-bond acceptors (Lipinski definition) is 1. The smallest absolute Gasteiger partial charge is 0.0950 e. The highest BCUT2D eigenvalue weighted by atomic mass is 14.7. The molecule has 0 saturated heterocycles. The zero-order valence-electron chi connectivity index (χ0n) is 10.3. The van der Waals surface area contributed by atoms with Crippen LogP contribution in [-0.4, -0.2) is 5.84 Å². The molecule has 0 saturated carbocycles. The van der Waals surface area contributed by atoms with E-state index in [1.807, 2.05) is 0 Å². The van der Waals surface area contributed by atoms with Crippen LogP contribution in [0.3, 0.4) is 0 Å². The van der Waals surface area contributed by atoms with Gasteiger partial charge in [-0.25, -0.2) is 0 Å². The van der Waals surface area contributed by atoms with Crippen molar-refractivity contribution in [1.82, 2.24) is 0 Å². The van der Waals surface area contributed by atoms with Crippen LogP contribution in [0.5, 0.6) is 0 Å². The fraction of sp³-hybridized carbons (Fsp3) is 0.462. The van der Waals surface area contributed by atoms with Crippen molar-refractivity contribution in [2.75, 3.05) is 0 Å². The normalized spacial score (nSPS) is 10.5. The van der Waals surface area contributed by atoms with E-state index in [-0.39, 0.29) is 5.84 Å². The molecule has 1 aromatic rings. The van der Waals surface area contributed by atoms with Gasteiger partial charge in [0.15, 0.2) is 0 Å². The summed E-state index contributed by atoms with van der Waals surface area (Å²) < 4.78 is 0. The number of amidine groups is 1. The summed E-state index contributed by atoms with van der Waals surface area (Å²) in [6.07, 6.45) is 0.569. The van der Waals surface area contributed by atoms with Crippen molar-refractivity contribution in [1.29, 1.82) is 5.41 Å². The minimum atomic E-state index is 0.240. The predicted molar refractivity (Wildman–Crippen MR) is 65.7 cm³/mol. The summed E-state index contributed by atoms with van der Waals surface area (Å²) >= 11 is 0. The van der Waals surface area contributed by atoms with Crippen molar-refractivity contribution >= 4 is 5.84 Å². The van der Waals surface area contributed by atoms with Gasteiger partial charge < -0.3 is 5.73 Å². The summed E-state index contributed by atoms with van der Waals surface area (Å²) in [5.74, 6) is 0.240. The van der Waals surface area contributed by atoms with Crippen LogP contribution in [0.15, 0.2) is 0 Å². The summed E-state index contributed by atoms with van der Waals surface area (Å²) in [5, 5.41) is 7.40. The molecule has 0 radical (unpaired) electrons. The topological polar surface area (TPSA) is 49.9 Å². The standard InChI is InChI=1S/C13H20N2/c1-7-8(2)10(4)12(6-13(14)15)11(5)9(7)3/h6H2,1-5H3,(H3,14,15). The fourth-order valence-electron chi connectivity index (χ4n) is 2.03. The largest absolute Gasteiger partial charge is 0.387 e. The lowest BCUT2D eigenvalue weighted by atomic mass is 9.88. The molecule has 0 bridgehead atoms. The second kappa shape index (κ2) is 4.05. The predicted octanol–water partition coefficient (Wildman–Crippen LogP) is 2.71.